The molecule has 0 saturated carbocycles. The maximum Gasteiger partial charge on any atom is 0.0674 e. The van der Waals surface area contributed by atoms with E-state index in [4.69, 9.17) is 10.5 Å². The van der Waals surface area contributed by atoms with Crippen LogP contribution in [-0.4, -0.2) is 43.3 Å². The standard InChI is InChI=1S/C10H22N2O/c1-9(11)8-13-10(2)7-12-5-3-4-6-12/h9-10H,3-8,11H2,1-2H3. The molecular formula is C10H22N2O. The fourth-order valence-corrected chi connectivity index (χ4v) is 1.70. The topological polar surface area (TPSA) is 38.5 Å². The first-order valence-electron chi connectivity index (χ1n) is 5.28. The van der Waals surface area contributed by atoms with E-state index in [9.17, 15) is 0 Å². The van der Waals surface area contributed by atoms with Gasteiger partial charge in [0.25, 0.3) is 0 Å². The fourth-order valence-electron chi connectivity index (χ4n) is 1.70. The second-order valence-electron chi connectivity index (χ2n) is 4.13. The molecule has 1 rings (SSSR count). The zero-order valence-corrected chi connectivity index (χ0v) is 8.83. The van der Waals surface area contributed by atoms with Gasteiger partial charge >= 0.3 is 0 Å². The van der Waals surface area contributed by atoms with E-state index in [0.29, 0.717) is 12.7 Å². The van der Waals surface area contributed by atoms with Gasteiger partial charge in [0, 0.05) is 12.6 Å². The molecule has 1 aliphatic heterocycles. The van der Waals surface area contributed by atoms with Crippen molar-refractivity contribution in [1.82, 2.24) is 4.90 Å². The molecule has 0 aromatic rings. The van der Waals surface area contributed by atoms with Crippen LogP contribution in [-0.2, 0) is 4.74 Å². The molecule has 2 unspecified atom stereocenters. The van der Waals surface area contributed by atoms with Gasteiger partial charge in [0.05, 0.1) is 12.7 Å². The summed E-state index contributed by atoms with van der Waals surface area (Å²) < 4.78 is 5.60. The van der Waals surface area contributed by atoms with E-state index >= 15 is 0 Å². The SMILES string of the molecule is CC(N)COC(C)CN1CCCC1. The number of nitrogens with zero attached hydrogens (tertiary/aromatic N) is 1. The van der Waals surface area contributed by atoms with Gasteiger partial charge in [0.1, 0.15) is 0 Å². The quantitative estimate of drug-likeness (QED) is 0.691. The minimum atomic E-state index is 0.154. The summed E-state index contributed by atoms with van der Waals surface area (Å²) in [7, 11) is 0. The average molecular weight is 186 g/mol. The largest absolute Gasteiger partial charge is 0.376 e. The summed E-state index contributed by atoms with van der Waals surface area (Å²) in [6.45, 7) is 8.32. The van der Waals surface area contributed by atoms with Gasteiger partial charge in [-0.2, -0.15) is 0 Å². The summed E-state index contributed by atoms with van der Waals surface area (Å²) in [6.07, 6.45) is 3.02. The lowest BCUT2D eigenvalue weighted by atomic mass is 10.3. The second-order valence-corrected chi connectivity index (χ2v) is 4.13. The summed E-state index contributed by atoms with van der Waals surface area (Å²) in [6, 6.07) is 0.154. The van der Waals surface area contributed by atoms with Crippen molar-refractivity contribution in [1.29, 1.82) is 0 Å². The fraction of sp³-hybridized carbons (Fsp3) is 1.00. The molecule has 2 atom stereocenters. The van der Waals surface area contributed by atoms with Crippen LogP contribution in [0.1, 0.15) is 26.7 Å². The number of nitrogens with two attached hydrogens (primary N) is 1. The van der Waals surface area contributed by atoms with Crippen molar-refractivity contribution < 1.29 is 4.74 Å². The molecule has 0 aromatic heterocycles. The molecule has 0 amide bonds. The van der Waals surface area contributed by atoms with Crippen molar-refractivity contribution in [3.63, 3.8) is 0 Å². The van der Waals surface area contributed by atoms with Crippen molar-refractivity contribution in [2.45, 2.75) is 38.8 Å². The Balaban J connectivity index is 2.05. The molecule has 1 fully saturated rings. The molecule has 0 aromatic carbocycles. The first-order valence-corrected chi connectivity index (χ1v) is 5.28. The summed E-state index contributed by atoms with van der Waals surface area (Å²) >= 11 is 0. The number of ether oxygens (including phenoxy) is 1. The van der Waals surface area contributed by atoms with Crippen LogP contribution in [0.3, 0.4) is 0 Å². The lowest BCUT2D eigenvalue weighted by Gasteiger charge is -2.21. The molecule has 1 heterocycles. The van der Waals surface area contributed by atoms with Gasteiger partial charge in [0.2, 0.25) is 0 Å². The monoisotopic (exact) mass is 186 g/mol. The van der Waals surface area contributed by atoms with Crippen LogP contribution in [0.15, 0.2) is 0 Å². The third kappa shape index (κ3) is 4.60. The first-order chi connectivity index (χ1) is 6.18. The van der Waals surface area contributed by atoms with Gasteiger partial charge in [-0.15, -0.1) is 0 Å². The molecule has 3 nitrogen and oxygen atoms in total. The van der Waals surface area contributed by atoms with E-state index in [1.54, 1.807) is 0 Å². The molecule has 1 aliphatic rings. The van der Waals surface area contributed by atoms with Crippen LogP contribution in [0.25, 0.3) is 0 Å². The second kappa shape index (κ2) is 5.58. The highest BCUT2D eigenvalue weighted by Gasteiger charge is 2.14. The summed E-state index contributed by atoms with van der Waals surface area (Å²) in [5, 5.41) is 0. The molecule has 0 spiro atoms. The first kappa shape index (κ1) is 11.0. The van der Waals surface area contributed by atoms with E-state index in [1.807, 2.05) is 6.92 Å². The van der Waals surface area contributed by atoms with E-state index < -0.39 is 0 Å². The van der Waals surface area contributed by atoms with Crippen LogP contribution in [0.4, 0.5) is 0 Å². The molecule has 13 heavy (non-hydrogen) atoms. The van der Waals surface area contributed by atoms with Crippen LogP contribution in [0.2, 0.25) is 0 Å². The number of likely N-dealkylation sites (tertiary alicyclic amines) is 1. The average Bonchev–Trinajstić information content (AvgIpc) is 2.53. The van der Waals surface area contributed by atoms with Crippen molar-refractivity contribution in [2.75, 3.05) is 26.2 Å². The lowest BCUT2D eigenvalue weighted by molar-refractivity contribution is 0.0373. The third-order valence-electron chi connectivity index (χ3n) is 2.36. The Morgan fingerprint density at radius 3 is 2.46 bits per heavy atom. The van der Waals surface area contributed by atoms with Gasteiger partial charge in [0.15, 0.2) is 0 Å². The highest BCUT2D eigenvalue weighted by molar-refractivity contribution is 4.69. The Labute approximate surface area is 81.2 Å². The maximum atomic E-state index is 5.61. The molecule has 0 bridgehead atoms. The number of hydrogen-bond acceptors (Lipinski definition) is 3. The number of rotatable bonds is 5. The van der Waals surface area contributed by atoms with Gasteiger partial charge in [-0.1, -0.05) is 0 Å². The highest BCUT2D eigenvalue weighted by Crippen LogP contribution is 2.08. The van der Waals surface area contributed by atoms with Crippen LogP contribution >= 0.6 is 0 Å². The molecule has 1 saturated heterocycles. The highest BCUT2D eigenvalue weighted by atomic mass is 16.5. The van der Waals surface area contributed by atoms with Crippen molar-refractivity contribution in [3.8, 4) is 0 Å². The predicted octanol–water partition coefficient (Wildman–Crippen LogP) is 0.834. The molecule has 0 aliphatic carbocycles. The Kier molecular flexibility index (Phi) is 4.70. The Morgan fingerprint density at radius 1 is 1.31 bits per heavy atom. The molecule has 3 heteroatoms. The Bertz CT molecular complexity index is 133. The predicted molar refractivity (Wildman–Crippen MR) is 54.7 cm³/mol. The minimum Gasteiger partial charge on any atom is -0.376 e. The minimum absolute atomic E-state index is 0.154. The normalized spacial score (nSPS) is 23.3. The molecule has 2 N–H and O–H groups in total. The van der Waals surface area contributed by atoms with E-state index in [-0.39, 0.29) is 6.04 Å². The Hall–Kier alpha value is -0.120. The van der Waals surface area contributed by atoms with E-state index in [0.717, 1.165) is 6.54 Å². The number of hydrogen-bond donors (Lipinski definition) is 1. The summed E-state index contributed by atoms with van der Waals surface area (Å²) in [4.78, 5) is 2.46. The van der Waals surface area contributed by atoms with Crippen LogP contribution in [0, 0.1) is 0 Å². The van der Waals surface area contributed by atoms with Gasteiger partial charge in [-0.05, 0) is 39.8 Å². The third-order valence-corrected chi connectivity index (χ3v) is 2.36. The van der Waals surface area contributed by atoms with Gasteiger partial charge in [-0.25, -0.2) is 0 Å². The lowest BCUT2D eigenvalue weighted by Crippen LogP contribution is -2.33. The van der Waals surface area contributed by atoms with Crippen LogP contribution in [0.5, 0.6) is 0 Å². The van der Waals surface area contributed by atoms with Crippen LogP contribution < -0.4 is 5.73 Å². The maximum absolute atomic E-state index is 5.61. The summed E-state index contributed by atoms with van der Waals surface area (Å²) in [5.41, 5.74) is 5.61. The van der Waals surface area contributed by atoms with Crippen molar-refractivity contribution in [2.24, 2.45) is 5.73 Å². The zero-order chi connectivity index (χ0) is 9.68. The summed E-state index contributed by atoms with van der Waals surface area (Å²) in [5.74, 6) is 0. The Morgan fingerprint density at radius 2 is 1.92 bits per heavy atom. The molecule has 78 valence electrons. The smallest absolute Gasteiger partial charge is 0.0674 e. The van der Waals surface area contributed by atoms with E-state index in [1.165, 1.54) is 25.9 Å². The van der Waals surface area contributed by atoms with Crippen molar-refractivity contribution in [3.05, 3.63) is 0 Å². The molecule has 0 radical (unpaired) electrons. The molecular weight excluding hydrogens is 164 g/mol. The zero-order valence-electron chi connectivity index (χ0n) is 8.83. The van der Waals surface area contributed by atoms with E-state index in [2.05, 4.69) is 11.8 Å². The van der Waals surface area contributed by atoms with Gasteiger partial charge in [-0.3, -0.25) is 0 Å². The van der Waals surface area contributed by atoms with Crippen molar-refractivity contribution >= 4 is 0 Å². The van der Waals surface area contributed by atoms with Gasteiger partial charge < -0.3 is 15.4 Å².